The van der Waals surface area contributed by atoms with E-state index in [1.54, 1.807) is 0 Å². The summed E-state index contributed by atoms with van der Waals surface area (Å²) >= 11 is 0. The van der Waals surface area contributed by atoms with Gasteiger partial charge in [0.15, 0.2) is 0 Å². The van der Waals surface area contributed by atoms with Crippen LogP contribution < -0.4 is 0 Å². The maximum Gasteiger partial charge on any atom is 0.210 e. The summed E-state index contributed by atoms with van der Waals surface area (Å²) in [7, 11) is 0. The Balaban J connectivity index is 2.45. The predicted octanol–water partition coefficient (Wildman–Crippen LogP) is 0.681. The molecule has 0 fully saturated rings. The largest absolute Gasteiger partial charge is 0.401 e. The average molecular weight is 115 g/mol. The van der Waals surface area contributed by atoms with Gasteiger partial charge in [-0.3, -0.25) is 5.21 Å². The van der Waals surface area contributed by atoms with Crippen LogP contribution in [-0.4, -0.2) is 17.2 Å². The molecular formula is C5H9NO2. The van der Waals surface area contributed by atoms with Gasteiger partial charge >= 0.3 is 0 Å². The molecule has 0 saturated heterocycles. The predicted molar refractivity (Wildman–Crippen MR) is 29.5 cm³/mol. The van der Waals surface area contributed by atoms with Crippen LogP contribution in [0.3, 0.4) is 0 Å². The van der Waals surface area contributed by atoms with E-state index in [2.05, 4.69) is 0 Å². The molecule has 1 heterocycles. The summed E-state index contributed by atoms with van der Waals surface area (Å²) in [4.78, 5) is 5.24. The van der Waals surface area contributed by atoms with E-state index in [9.17, 15) is 5.21 Å². The van der Waals surface area contributed by atoms with Gasteiger partial charge in [0.1, 0.15) is 0 Å². The summed E-state index contributed by atoms with van der Waals surface area (Å²) in [6, 6.07) is 0. The van der Waals surface area contributed by atoms with Crippen LogP contribution in [0.25, 0.3) is 0 Å². The van der Waals surface area contributed by atoms with Crippen molar-refractivity contribution >= 4 is 6.21 Å². The Hall–Kier alpha value is -0.730. The van der Waals surface area contributed by atoms with Crippen molar-refractivity contribution in [1.29, 1.82) is 0 Å². The first-order valence-electron chi connectivity index (χ1n) is 2.75. The van der Waals surface area contributed by atoms with Crippen LogP contribution in [0.1, 0.15) is 19.8 Å². The fraction of sp³-hybridized carbons (Fsp3) is 0.800. The summed E-state index contributed by atoms with van der Waals surface area (Å²) in [6.07, 6.45) is 3.39. The fourth-order valence-corrected chi connectivity index (χ4v) is 0.688. The third-order valence-electron chi connectivity index (χ3n) is 1.14. The lowest BCUT2D eigenvalue weighted by Crippen LogP contribution is -2.21. The second-order valence-corrected chi connectivity index (χ2v) is 1.96. The molecule has 1 rings (SSSR count). The minimum absolute atomic E-state index is 0.0949. The van der Waals surface area contributed by atoms with Crippen LogP contribution in [0.15, 0.2) is 0 Å². The highest BCUT2D eigenvalue weighted by Gasteiger charge is 2.07. The second kappa shape index (κ2) is 2.03. The van der Waals surface area contributed by atoms with E-state index < -0.39 is 0 Å². The van der Waals surface area contributed by atoms with Gasteiger partial charge in [0.05, 0.1) is 6.10 Å². The van der Waals surface area contributed by atoms with E-state index in [4.69, 9.17) is 4.84 Å². The van der Waals surface area contributed by atoms with Crippen molar-refractivity contribution in [2.24, 2.45) is 0 Å². The van der Waals surface area contributed by atoms with Crippen LogP contribution in [-0.2, 0) is 4.84 Å². The first kappa shape index (κ1) is 5.41. The number of rotatable bonds is 0. The Morgan fingerprint density at radius 1 is 1.88 bits per heavy atom. The van der Waals surface area contributed by atoms with Gasteiger partial charge in [-0.05, 0) is 13.3 Å². The highest BCUT2D eigenvalue weighted by Crippen LogP contribution is 2.03. The monoisotopic (exact) mass is 115 g/mol. The van der Waals surface area contributed by atoms with Gasteiger partial charge in [-0.25, -0.2) is 0 Å². The third-order valence-corrected chi connectivity index (χ3v) is 1.14. The van der Waals surface area contributed by atoms with Gasteiger partial charge in [-0.15, -0.1) is 0 Å². The molecule has 0 spiro atoms. The summed E-state index contributed by atoms with van der Waals surface area (Å²) in [5.41, 5.74) is 0. The SMILES string of the molecule is C[C@@H]1CCC=[N+]([O-])O1. The van der Waals surface area contributed by atoms with E-state index in [1.165, 1.54) is 6.21 Å². The fourth-order valence-electron chi connectivity index (χ4n) is 0.688. The molecule has 0 radical (unpaired) electrons. The van der Waals surface area contributed by atoms with E-state index in [0.717, 1.165) is 12.8 Å². The van der Waals surface area contributed by atoms with Gasteiger partial charge in [0.2, 0.25) is 6.21 Å². The summed E-state index contributed by atoms with van der Waals surface area (Å²) in [6.45, 7) is 1.89. The molecule has 0 amide bonds. The summed E-state index contributed by atoms with van der Waals surface area (Å²) in [5, 5.41) is 10.3. The van der Waals surface area contributed by atoms with Crippen LogP contribution in [0, 0.1) is 5.21 Å². The molecule has 0 aromatic carbocycles. The maximum atomic E-state index is 10.3. The molecule has 0 N–H and O–H groups in total. The molecule has 0 unspecified atom stereocenters. The first-order chi connectivity index (χ1) is 3.79. The Morgan fingerprint density at radius 2 is 2.62 bits per heavy atom. The molecular weight excluding hydrogens is 106 g/mol. The van der Waals surface area contributed by atoms with Crippen molar-refractivity contribution in [3.63, 3.8) is 0 Å². The minimum atomic E-state index is 0.0949. The standard InChI is InChI=1S/C5H9NO2/c1-5-3-2-4-6(7)8-5/h4-5H,2-3H2,1H3/t5-/m1/s1. The molecule has 0 saturated carbocycles. The lowest BCUT2D eigenvalue weighted by Gasteiger charge is -2.16. The van der Waals surface area contributed by atoms with Gasteiger partial charge in [-0.1, -0.05) is 0 Å². The van der Waals surface area contributed by atoms with Crippen molar-refractivity contribution < 1.29 is 9.74 Å². The van der Waals surface area contributed by atoms with Crippen molar-refractivity contribution in [3.8, 4) is 0 Å². The molecule has 0 aliphatic carbocycles. The normalized spacial score (nSPS) is 28.6. The van der Waals surface area contributed by atoms with Crippen molar-refractivity contribution in [1.82, 2.24) is 0 Å². The van der Waals surface area contributed by atoms with Crippen molar-refractivity contribution in [2.45, 2.75) is 25.9 Å². The number of hydrogen-bond acceptors (Lipinski definition) is 2. The molecule has 1 aliphatic rings. The smallest absolute Gasteiger partial charge is 0.210 e. The van der Waals surface area contributed by atoms with Crippen LogP contribution in [0.2, 0.25) is 0 Å². The Bertz CT molecular complexity index is 111. The van der Waals surface area contributed by atoms with Crippen molar-refractivity contribution in [3.05, 3.63) is 5.21 Å². The Kier molecular flexibility index (Phi) is 1.37. The lowest BCUT2D eigenvalue weighted by atomic mass is 10.2. The van der Waals surface area contributed by atoms with Crippen LogP contribution in [0.5, 0.6) is 0 Å². The summed E-state index contributed by atoms with van der Waals surface area (Å²) in [5.74, 6) is 0. The van der Waals surface area contributed by atoms with Crippen LogP contribution in [0.4, 0.5) is 0 Å². The highest BCUT2D eigenvalue weighted by atomic mass is 16.9. The van der Waals surface area contributed by atoms with Gasteiger partial charge in [-0.2, -0.15) is 0 Å². The van der Waals surface area contributed by atoms with E-state index in [-0.39, 0.29) is 6.10 Å². The minimum Gasteiger partial charge on any atom is -0.401 e. The maximum absolute atomic E-state index is 10.3. The molecule has 1 atom stereocenters. The second-order valence-electron chi connectivity index (χ2n) is 1.96. The third kappa shape index (κ3) is 1.12. The molecule has 0 aromatic heterocycles. The van der Waals surface area contributed by atoms with Gasteiger partial charge in [0, 0.05) is 11.3 Å². The zero-order valence-corrected chi connectivity index (χ0v) is 4.83. The van der Waals surface area contributed by atoms with Crippen LogP contribution >= 0.6 is 0 Å². The van der Waals surface area contributed by atoms with E-state index >= 15 is 0 Å². The molecule has 0 aromatic rings. The first-order valence-corrected chi connectivity index (χ1v) is 2.75. The number of nitrogens with zero attached hydrogens (tertiary/aromatic N) is 1. The Morgan fingerprint density at radius 3 is 3.00 bits per heavy atom. The van der Waals surface area contributed by atoms with Gasteiger partial charge < -0.3 is 4.84 Å². The van der Waals surface area contributed by atoms with E-state index in [0.29, 0.717) is 4.90 Å². The molecule has 3 nitrogen and oxygen atoms in total. The van der Waals surface area contributed by atoms with E-state index in [1.807, 2.05) is 6.92 Å². The van der Waals surface area contributed by atoms with Gasteiger partial charge in [0.25, 0.3) is 0 Å². The molecule has 46 valence electrons. The Labute approximate surface area is 48.1 Å². The quantitative estimate of drug-likeness (QED) is 0.435. The van der Waals surface area contributed by atoms with Crippen molar-refractivity contribution in [2.75, 3.05) is 0 Å². The molecule has 0 bridgehead atoms. The highest BCUT2D eigenvalue weighted by molar-refractivity contribution is 5.51. The molecule has 1 aliphatic heterocycles. The zero-order valence-electron chi connectivity index (χ0n) is 4.83. The average Bonchev–Trinajstić information content (AvgIpc) is 1.64. The number of hydrogen-bond donors (Lipinski definition) is 0. The topological polar surface area (TPSA) is 35.3 Å². The summed E-state index contributed by atoms with van der Waals surface area (Å²) < 4.78 is 0. The lowest BCUT2D eigenvalue weighted by molar-refractivity contribution is -0.753. The molecule has 8 heavy (non-hydrogen) atoms. The zero-order chi connectivity index (χ0) is 5.98. The molecule has 3 heteroatoms.